The zero-order valence-electron chi connectivity index (χ0n) is 12.5. The first-order valence-electron chi connectivity index (χ1n) is 7.61. The van der Waals surface area contributed by atoms with Gasteiger partial charge in [0.25, 0.3) is 0 Å². The topological polar surface area (TPSA) is 12.4 Å². The lowest BCUT2D eigenvalue weighted by Gasteiger charge is -2.07. The van der Waals surface area contributed by atoms with E-state index in [1.165, 1.54) is 27.8 Å². The highest BCUT2D eigenvalue weighted by Gasteiger charge is 2.26. The minimum atomic E-state index is 0.105. The van der Waals surface area contributed by atoms with Crippen LogP contribution in [0, 0.1) is 6.92 Å². The highest BCUT2D eigenvalue weighted by atomic mass is 14.8. The van der Waals surface area contributed by atoms with Gasteiger partial charge in [0.1, 0.15) is 6.04 Å². The number of rotatable bonds is 2. The Labute approximate surface area is 131 Å². The van der Waals surface area contributed by atoms with E-state index in [0.717, 1.165) is 5.56 Å². The van der Waals surface area contributed by atoms with Crippen LogP contribution in [-0.4, -0.2) is 6.21 Å². The van der Waals surface area contributed by atoms with Crippen LogP contribution in [0.2, 0.25) is 0 Å². The molecular formula is C21H17N. The molecule has 0 atom stereocenters. The smallest absolute Gasteiger partial charge is 0.101 e. The lowest BCUT2D eigenvalue weighted by Crippen LogP contribution is -1.94. The summed E-state index contributed by atoms with van der Waals surface area (Å²) >= 11 is 0. The van der Waals surface area contributed by atoms with Gasteiger partial charge in [-0.2, -0.15) is 0 Å². The van der Waals surface area contributed by atoms with Crippen LogP contribution >= 0.6 is 0 Å². The number of benzene rings is 3. The molecule has 1 heteroatoms. The summed E-state index contributed by atoms with van der Waals surface area (Å²) in [6, 6.07) is 25.7. The van der Waals surface area contributed by atoms with Gasteiger partial charge in [0.15, 0.2) is 0 Å². The fraction of sp³-hybridized carbons (Fsp3) is 0.0952. The summed E-state index contributed by atoms with van der Waals surface area (Å²) in [5.74, 6) is 0. The minimum Gasteiger partial charge on any atom is -0.280 e. The second-order valence-corrected chi connectivity index (χ2v) is 5.77. The van der Waals surface area contributed by atoms with Crippen molar-refractivity contribution in [2.75, 3.05) is 0 Å². The molecule has 1 nitrogen and oxygen atoms in total. The van der Waals surface area contributed by atoms with E-state index in [9.17, 15) is 0 Å². The molecule has 0 fully saturated rings. The average Bonchev–Trinajstić information content (AvgIpc) is 2.89. The Balaban J connectivity index is 1.77. The molecule has 0 spiro atoms. The lowest BCUT2D eigenvalue weighted by atomic mass is 10.1. The zero-order valence-corrected chi connectivity index (χ0v) is 12.5. The quantitative estimate of drug-likeness (QED) is 0.574. The van der Waals surface area contributed by atoms with Gasteiger partial charge >= 0.3 is 0 Å². The number of hydrogen-bond acceptors (Lipinski definition) is 1. The van der Waals surface area contributed by atoms with Crippen LogP contribution in [0.25, 0.3) is 11.1 Å². The molecule has 0 bridgehead atoms. The van der Waals surface area contributed by atoms with Crippen molar-refractivity contribution >= 4 is 6.21 Å². The maximum atomic E-state index is 4.88. The Hall–Kier alpha value is -2.67. The van der Waals surface area contributed by atoms with Crippen LogP contribution in [0.4, 0.5) is 0 Å². The average molecular weight is 283 g/mol. The van der Waals surface area contributed by atoms with Crippen LogP contribution in [-0.2, 0) is 0 Å². The van der Waals surface area contributed by atoms with E-state index in [1.807, 2.05) is 6.21 Å². The molecule has 0 unspecified atom stereocenters. The number of nitrogens with zero attached hydrogens (tertiary/aromatic N) is 1. The Morgan fingerprint density at radius 1 is 0.727 bits per heavy atom. The van der Waals surface area contributed by atoms with Gasteiger partial charge in [-0.1, -0.05) is 78.4 Å². The van der Waals surface area contributed by atoms with Crippen molar-refractivity contribution in [3.05, 3.63) is 95.1 Å². The Bertz CT molecular complexity index is 798. The number of fused-ring (bicyclic) bond motifs is 3. The molecule has 3 aromatic rings. The molecule has 0 heterocycles. The van der Waals surface area contributed by atoms with E-state index in [4.69, 9.17) is 4.99 Å². The van der Waals surface area contributed by atoms with Gasteiger partial charge in [-0.05, 0) is 34.7 Å². The molecule has 0 N–H and O–H groups in total. The number of aliphatic imine (C=N–C) groups is 1. The number of aryl methyl sites for hydroxylation is 1. The standard InChI is InChI=1S/C21H17N/c1-15-10-12-16(13-11-15)14-22-21-19-8-4-2-6-17(19)18-7-3-5-9-20(18)21/h2-14,21H,1H3. The predicted octanol–water partition coefficient (Wildman–Crippen LogP) is 5.18. The van der Waals surface area contributed by atoms with Crippen LogP contribution in [0.15, 0.2) is 77.8 Å². The molecule has 0 radical (unpaired) electrons. The third kappa shape index (κ3) is 2.15. The first kappa shape index (κ1) is 13.0. The highest BCUT2D eigenvalue weighted by molar-refractivity contribution is 5.83. The van der Waals surface area contributed by atoms with Crippen molar-refractivity contribution in [3.8, 4) is 11.1 Å². The Kier molecular flexibility index (Phi) is 3.12. The maximum absolute atomic E-state index is 4.88. The van der Waals surface area contributed by atoms with E-state index in [-0.39, 0.29) is 6.04 Å². The van der Waals surface area contributed by atoms with Crippen LogP contribution in [0.1, 0.15) is 28.3 Å². The summed E-state index contributed by atoms with van der Waals surface area (Å²) in [5.41, 5.74) is 7.63. The third-order valence-corrected chi connectivity index (χ3v) is 4.25. The van der Waals surface area contributed by atoms with E-state index in [0.29, 0.717) is 0 Å². The molecule has 22 heavy (non-hydrogen) atoms. The van der Waals surface area contributed by atoms with Crippen molar-refractivity contribution in [1.29, 1.82) is 0 Å². The second-order valence-electron chi connectivity index (χ2n) is 5.77. The summed E-state index contributed by atoms with van der Waals surface area (Å²) in [6.07, 6.45) is 1.99. The molecule has 1 aliphatic rings. The normalized spacial score (nSPS) is 13.3. The molecule has 0 aliphatic heterocycles. The van der Waals surface area contributed by atoms with Crippen molar-refractivity contribution in [2.45, 2.75) is 13.0 Å². The van der Waals surface area contributed by atoms with Gasteiger partial charge in [-0.3, -0.25) is 4.99 Å². The summed E-state index contributed by atoms with van der Waals surface area (Å²) < 4.78 is 0. The molecule has 0 aromatic heterocycles. The van der Waals surface area contributed by atoms with E-state index in [2.05, 4.69) is 79.7 Å². The highest BCUT2D eigenvalue weighted by Crippen LogP contribution is 2.44. The van der Waals surface area contributed by atoms with E-state index >= 15 is 0 Å². The summed E-state index contributed by atoms with van der Waals surface area (Å²) in [4.78, 5) is 4.88. The largest absolute Gasteiger partial charge is 0.280 e. The zero-order chi connectivity index (χ0) is 14.9. The van der Waals surface area contributed by atoms with Crippen LogP contribution < -0.4 is 0 Å². The summed E-state index contributed by atoms with van der Waals surface area (Å²) in [7, 11) is 0. The Morgan fingerprint density at radius 2 is 1.27 bits per heavy atom. The van der Waals surface area contributed by atoms with Crippen molar-refractivity contribution in [1.82, 2.24) is 0 Å². The van der Waals surface area contributed by atoms with Crippen LogP contribution in [0.3, 0.4) is 0 Å². The van der Waals surface area contributed by atoms with Gasteiger partial charge < -0.3 is 0 Å². The van der Waals surface area contributed by atoms with Gasteiger partial charge in [-0.15, -0.1) is 0 Å². The number of hydrogen-bond donors (Lipinski definition) is 0. The van der Waals surface area contributed by atoms with Gasteiger partial charge in [0.05, 0.1) is 0 Å². The first-order valence-corrected chi connectivity index (χ1v) is 7.61. The van der Waals surface area contributed by atoms with Gasteiger partial charge in [-0.25, -0.2) is 0 Å². The molecule has 3 aromatic carbocycles. The predicted molar refractivity (Wildman–Crippen MR) is 92.5 cm³/mol. The maximum Gasteiger partial charge on any atom is 0.101 e. The molecule has 0 saturated heterocycles. The Morgan fingerprint density at radius 3 is 1.86 bits per heavy atom. The third-order valence-electron chi connectivity index (χ3n) is 4.25. The molecule has 106 valence electrons. The summed E-state index contributed by atoms with van der Waals surface area (Å²) in [5, 5.41) is 0. The second kappa shape index (κ2) is 5.27. The lowest BCUT2D eigenvalue weighted by molar-refractivity contribution is 0.908. The summed E-state index contributed by atoms with van der Waals surface area (Å²) in [6.45, 7) is 2.10. The molecule has 0 amide bonds. The van der Waals surface area contributed by atoms with Crippen LogP contribution in [0.5, 0.6) is 0 Å². The molecule has 0 saturated carbocycles. The fourth-order valence-electron chi connectivity index (χ4n) is 3.10. The van der Waals surface area contributed by atoms with Gasteiger partial charge in [0, 0.05) is 6.21 Å². The van der Waals surface area contributed by atoms with E-state index in [1.54, 1.807) is 0 Å². The van der Waals surface area contributed by atoms with Crippen molar-refractivity contribution in [3.63, 3.8) is 0 Å². The SMILES string of the molecule is Cc1ccc(C=NC2c3ccccc3-c3ccccc32)cc1. The van der Waals surface area contributed by atoms with E-state index < -0.39 is 0 Å². The molecule has 1 aliphatic carbocycles. The fourth-order valence-corrected chi connectivity index (χ4v) is 3.10. The first-order chi connectivity index (χ1) is 10.8. The minimum absolute atomic E-state index is 0.105. The van der Waals surface area contributed by atoms with Gasteiger partial charge in [0.2, 0.25) is 0 Å². The molecular weight excluding hydrogens is 266 g/mol. The van der Waals surface area contributed by atoms with Crippen molar-refractivity contribution in [2.24, 2.45) is 4.99 Å². The van der Waals surface area contributed by atoms with Crippen molar-refractivity contribution < 1.29 is 0 Å². The monoisotopic (exact) mass is 283 g/mol. The molecule has 4 rings (SSSR count).